The lowest BCUT2D eigenvalue weighted by molar-refractivity contribution is 0.415. The first-order chi connectivity index (χ1) is 6.19. The third-order valence-electron chi connectivity index (χ3n) is 1.61. The summed E-state index contributed by atoms with van der Waals surface area (Å²) < 4.78 is 5.95. The van der Waals surface area contributed by atoms with Crippen molar-refractivity contribution in [1.29, 1.82) is 0 Å². The molecule has 0 spiro atoms. The fourth-order valence-corrected chi connectivity index (χ4v) is 1.60. The minimum Gasteiger partial charge on any atom is -0.494 e. The van der Waals surface area contributed by atoms with Gasteiger partial charge in [-0.2, -0.15) is 4.99 Å². The zero-order valence-electron chi connectivity index (χ0n) is 7.30. The van der Waals surface area contributed by atoms with Crippen molar-refractivity contribution in [2.75, 3.05) is 7.11 Å². The van der Waals surface area contributed by atoms with Gasteiger partial charge in [0, 0.05) is 4.47 Å². The number of carbonyl (C=O) groups excluding carboxylic acids is 1. The van der Waals surface area contributed by atoms with Gasteiger partial charge >= 0.3 is 0 Å². The molecule has 3 nitrogen and oxygen atoms in total. The number of hydrogen-bond acceptors (Lipinski definition) is 3. The highest BCUT2D eigenvalue weighted by atomic mass is 79.9. The van der Waals surface area contributed by atoms with E-state index in [1.807, 2.05) is 13.0 Å². The summed E-state index contributed by atoms with van der Waals surface area (Å²) in [6.07, 6.45) is 1.50. The van der Waals surface area contributed by atoms with E-state index in [2.05, 4.69) is 20.9 Å². The predicted molar refractivity (Wildman–Crippen MR) is 53.2 cm³/mol. The molecule has 0 atom stereocenters. The van der Waals surface area contributed by atoms with Gasteiger partial charge in [0.25, 0.3) is 0 Å². The molecule has 0 aromatic heterocycles. The van der Waals surface area contributed by atoms with Crippen molar-refractivity contribution >= 4 is 27.7 Å². The second-order valence-electron chi connectivity index (χ2n) is 2.48. The summed E-state index contributed by atoms with van der Waals surface area (Å²) in [5, 5.41) is 0. The first-order valence-corrected chi connectivity index (χ1v) is 4.40. The Morgan fingerprint density at radius 1 is 1.54 bits per heavy atom. The Balaban J connectivity index is 3.37. The van der Waals surface area contributed by atoms with Gasteiger partial charge < -0.3 is 4.74 Å². The molecule has 68 valence electrons. The lowest BCUT2D eigenvalue weighted by Gasteiger charge is -2.06. The van der Waals surface area contributed by atoms with Gasteiger partial charge in [0.15, 0.2) is 0 Å². The summed E-state index contributed by atoms with van der Waals surface area (Å²) in [6.45, 7) is 1.85. The summed E-state index contributed by atoms with van der Waals surface area (Å²) in [4.78, 5) is 13.7. The Hall–Kier alpha value is -1.12. The summed E-state index contributed by atoms with van der Waals surface area (Å²) in [5.74, 6) is 0.565. The minimum absolute atomic E-state index is 0.528. The largest absolute Gasteiger partial charge is 0.494 e. The van der Waals surface area contributed by atoms with Crippen molar-refractivity contribution in [1.82, 2.24) is 0 Å². The van der Waals surface area contributed by atoms with E-state index in [-0.39, 0.29) is 0 Å². The molecule has 0 aliphatic carbocycles. The van der Waals surface area contributed by atoms with Gasteiger partial charge in [-0.1, -0.05) is 15.9 Å². The second-order valence-corrected chi connectivity index (χ2v) is 3.39. The van der Waals surface area contributed by atoms with Crippen molar-refractivity contribution in [3.8, 4) is 5.75 Å². The lowest BCUT2D eigenvalue weighted by Crippen LogP contribution is -1.86. The summed E-state index contributed by atoms with van der Waals surface area (Å²) in [5.41, 5.74) is 1.40. The number of halogens is 1. The molecule has 1 aromatic rings. The van der Waals surface area contributed by atoms with Crippen LogP contribution in [-0.2, 0) is 4.79 Å². The second kappa shape index (κ2) is 4.21. The molecular formula is C9H8BrNO2. The Bertz CT molecular complexity index is 370. The highest BCUT2D eigenvalue weighted by Gasteiger charge is 2.06. The highest BCUT2D eigenvalue weighted by Crippen LogP contribution is 2.33. The van der Waals surface area contributed by atoms with E-state index in [1.165, 1.54) is 13.2 Å². The van der Waals surface area contributed by atoms with Crippen molar-refractivity contribution in [2.45, 2.75) is 6.92 Å². The van der Waals surface area contributed by atoms with Crippen LogP contribution in [0.1, 0.15) is 5.56 Å². The Kier molecular flexibility index (Phi) is 3.23. The molecule has 13 heavy (non-hydrogen) atoms. The van der Waals surface area contributed by atoms with Crippen LogP contribution >= 0.6 is 15.9 Å². The van der Waals surface area contributed by atoms with E-state index in [0.717, 1.165) is 10.0 Å². The van der Waals surface area contributed by atoms with Crippen LogP contribution in [-0.4, -0.2) is 13.2 Å². The lowest BCUT2D eigenvalue weighted by atomic mass is 10.2. The van der Waals surface area contributed by atoms with E-state index >= 15 is 0 Å². The average molecular weight is 242 g/mol. The Morgan fingerprint density at radius 2 is 2.23 bits per heavy atom. The number of benzene rings is 1. The molecule has 4 heteroatoms. The number of rotatable bonds is 2. The van der Waals surface area contributed by atoms with Gasteiger partial charge in [-0.05, 0) is 24.6 Å². The van der Waals surface area contributed by atoms with E-state index in [4.69, 9.17) is 4.74 Å². The maximum atomic E-state index is 10.1. The molecule has 1 rings (SSSR count). The normalized spacial score (nSPS) is 9.15. The van der Waals surface area contributed by atoms with E-state index < -0.39 is 0 Å². The monoisotopic (exact) mass is 241 g/mol. The number of hydrogen-bond donors (Lipinski definition) is 0. The fraction of sp³-hybridized carbons (Fsp3) is 0.222. The van der Waals surface area contributed by atoms with Crippen molar-refractivity contribution < 1.29 is 9.53 Å². The van der Waals surface area contributed by atoms with E-state index in [1.54, 1.807) is 6.07 Å². The SMILES string of the molecule is COc1cc(Br)cc(C)c1N=C=O. The van der Waals surface area contributed by atoms with Gasteiger partial charge in [0.1, 0.15) is 11.4 Å². The van der Waals surface area contributed by atoms with Gasteiger partial charge in [-0.25, -0.2) is 4.79 Å². The molecule has 0 amide bonds. The number of methoxy groups -OCH3 is 1. The number of nitrogens with zero attached hydrogens (tertiary/aromatic N) is 1. The van der Waals surface area contributed by atoms with Crippen LogP contribution in [0.2, 0.25) is 0 Å². The molecule has 0 aliphatic rings. The van der Waals surface area contributed by atoms with Crippen LogP contribution in [0.5, 0.6) is 5.75 Å². The summed E-state index contributed by atoms with van der Waals surface area (Å²) in [6, 6.07) is 3.61. The van der Waals surface area contributed by atoms with Crippen LogP contribution < -0.4 is 4.74 Å². The van der Waals surface area contributed by atoms with Crippen molar-refractivity contribution in [3.05, 3.63) is 22.2 Å². The van der Waals surface area contributed by atoms with Crippen molar-refractivity contribution in [2.24, 2.45) is 4.99 Å². The van der Waals surface area contributed by atoms with Gasteiger partial charge in [0.2, 0.25) is 6.08 Å². The molecule has 0 unspecified atom stereocenters. The topological polar surface area (TPSA) is 38.7 Å². The third kappa shape index (κ3) is 2.17. The van der Waals surface area contributed by atoms with Gasteiger partial charge in [0.05, 0.1) is 7.11 Å². The minimum atomic E-state index is 0.528. The first-order valence-electron chi connectivity index (χ1n) is 3.61. The van der Waals surface area contributed by atoms with Crippen molar-refractivity contribution in [3.63, 3.8) is 0 Å². The smallest absolute Gasteiger partial charge is 0.240 e. The maximum Gasteiger partial charge on any atom is 0.240 e. The standard InChI is InChI=1S/C9H8BrNO2/c1-6-3-7(10)4-8(13-2)9(6)11-5-12/h3-4H,1-2H3. The molecule has 0 fully saturated rings. The summed E-state index contributed by atoms with van der Waals surface area (Å²) in [7, 11) is 1.53. The number of aryl methyl sites for hydroxylation is 1. The van der Waals surface area contributed by atoms with E-state index in [9.17, 15) is 4.79 Å². The average Bonchev–Trinajstić information content (AvgIpc) is 2.09. The molecule has 0 aliphatic heterocycles. The highest BCUT2D eigenvalue weighted by molar-refractivity contribution is 9.10. The van der Waals surface area contributed by atoms with E-state index in [0.29, 0.717) is 11.4 Å². The summed E-state index contributed by atoms with van der Waals surface area (Å²) >= 11 is 3.32. The molecular weight excluding hydrogens is 234 g/mol. The molecule has 0 radical (unpaired) electrons. The van der Waals surface area contributed by atoms with Gasteiger partial charge in [-0.3, -0.25) is 0 Å². The van der Waals surface area contributed by atoms with Crippen LogP contribution in [0, 0.1) is 6.92 Å². The zero-order chi connectivity index (χ0) is 9.84. The molecule has 1 aromatic carbocycles. The fourth-order valence-electron chi connectivity index (χ4n) is 1.05. The third-order valence-corrected chi connectivity index (χ3v) is 2.07. The number of isocyanates is 1. The molecule has 0 saturated heterocycles. The quantitative estimate of drug-likeness (QED) is 0.590. The van der Waals surface area contributed by atoms with Crippen LogP contribution in [0.3, 0.4) is 0 Å². The predicted octanol–water partition coefficient (Wildman–Crippen LogP) is 2.73. The Labute approximate surface area is 84.6 Å². The maximum absolute atomic E-state index is 10.1. The number of aliphatic imine (C=N–C) groups is 1. The van der Waals surface area contributed by atoms with Crippen LogP contribution in [0.25, 0.3) is 0 Å². The van der Waals surface area contributed by atoms with Crippen LogP contribution in [0.15, 0.2) is 21.6 Å². The molecule has 0 saturated carbocycles. The van der Waals surface area contributed by atoms with Crippen LogP contribution in [0.4, 0.5) is 5.69 Å². The first kappa shape index (κ1) is 9.96. The molecule has 0 N–H and O–H groups in total. The molecule has 0 heterocycles. The zero-order valence-corrected chi connectivity index (χ0v) is 8.88. The molecule has 0 bridgehead atoms. The number of ether oxygens (including phenoxy) is 1. The Morgan fingerprint density at radius 3 is 2.77 bits per heavy atom. The van der Waals surface area contributed by atoms with Gasteiger partial charge in [-0.15, -0.1) is 0 Å².